The molecule has 2 aromatic rings. The first-order valence-electron chi connectivity index (χ1n) is 7.07. The smallest absolute Gasteiger partial charge is 0.304 e. The minimum atomic E-state index is -0.737. The second-order valence-electron chi connectivity index (χ2n) is 6.44. The van der Waals surface area contributed by atoms with Gasteiger partial charge in [0.05, 0.1) is 17.2 Å². The van der Waals surface area contributed by atoms with Crippen molar-refractivity contribution >= 4 is 5.78 Å². The number of carbonyl (C=O) groups is 1. The number of hydrogen-bond donors (Lipinski definition) is 2. The zero-order valence-electron chi connectivity index (χ0n) is 13.4. The van der Waals surface area contributed by atoms with Crippen molar-refractivity contribution in [2.75, 3.05) is 0 Å². The fraction of sp³-hybridized carbons (Fsp3) is 0.294. The third-order valence-electron chi connectivity index (χ3n) is 3.39. The second-order valence-corrected chi connectivity index (χ2v) is 6.44. The normalized spacial score (nSPS) is 11.1. The van der Waals surface area contributed by atoms with E-state index in [1.165, 1.54) is 6.07 Å². The van der Waals surface area contributed by atoms with Crippen LogP contribution in [0, 0.1) is 18.3 Å². The molecule has 0 amide bonds. The Hall–Kier alpha value is -2.94. The van der Waals surface area contributed by atoms with Gasteiger partial charge in [-0.15, -0.1) is 0 Å². The third-order valence-corrected chi connectivity index (χ3v) is 3.39. The van der Waals surface area contributed by atoms with E-state index in [0.717, 1.165) is 5.56 Å². The molecular weight excluding hydrogens is 294 g/mol. The summed E-state index contributed by atoms with van der Waals surface area (Å²) in [7, 11) is 0. The molecule has 6 heteroatoms. The first-order valence-corrected chi connectivity index (χ1v) is 7.07. The van der Waals surface area contributed by atoms with E-state index in [0.29, 0.717) is 5.56 Å². The van der Waals surface area contributed by atoms with Crippen LogP contribution in [0.1, 0.15) is 53.5 Å². The minimum absolute atomic E-state index is 0.0410. The van der Waals surface area contributed by atoms with Gasteiger partial charge in [0, 0.05) is 5.56 Å². The third kappa shape index (κ3) is 3.29. The number of aryl methyl sites for hydroxylation is 1. The highest BCUT2D eigenvalue weighted by Crippen LogP contribution is 2.23. The predicted molar refractivity (Wildman–Crippen MR) is 85.7 cm³/mol. The van der Waals surface area contributed by atoms with Crippen molar-refractivity contribution in [3.63, 3.8) is 0 Å². The molecule has 0 unspecified atom stereocenters. The molecule has 1 aromatic carbocycles. The molecule has 0 atom stereocenters. The van der Waals surface area contributed by atoms with Crippen molar-refractivity contribution in [1.82, 2.24) is 9.97 Å². The zero-order valence-corrected chi connectivity index (χ0v) is 13.4. The summed E-state index contributed by atoms with van der Waals surface area (Å²) in [6.45, 7) is 7.11. The van der Waals surface area contributed by atoms with Gasteiger partial charge >= 0.3 is 5.69 Å². The maximum Gasteiger partial charge on any atom is 0.326 e. The number of benzene rings is 1. The molecule has 118 valence electrons. The van der Waals surface area contributed by atoms with Crippen LogP contribution in [0.15, 0.2) is 27.8 Å². The average molecular weight is 311 g/mol. The molecule has 6 nitrogen and oxygen atoms in total. The van der Waals surface area contributed by atoms with Crippen LogP contribution in [0.3, 0.4) is 0 Å². The molecule has 2 rings (SSSR count). The van der Waals surface area contributed by atoms with Crippen LogP contribution in [0.25, 0.3) is 0 Å². The molecule has 0 fully saturated rings. The molecule has 0 saturated carbocycles. The Morgan fingerprint density at radius 3 is 2.35 bits per heavy atom. The van der Waals surface area contributed by atoms with Crippen LogP contribution < -0.4 is 11.2 Å². The summed E-state index contributed by atoms with van der Waals surface area (Å²) in [4.78, 5) is 41.1. The fourth-order valence-electron chi connectivity index (χ4n) is 2.50. The number of nitrogens with zero attached hydrogens (tertiary/aromatic N) is 1. The Morgan fingerprint density at radius 1 is 1.13 bits per heavy atom. The second kappa shape index (κ2) is 5.69. The Balaban J connectivity index is 2.75. The van der Waals surface area contributed by atoms with Crippen LogP contribution in [-0.4, -0.2) is 15.8 Å². The topological polar surface area (TPSA) is 107 Å². The lowest BCUT2D eigenvalue weighted by Crippen LogP contribution is -2.35. The summed E-state index contributed by atoms with van der Waals surface area (Å²) in [5, 5.41) is 9.04. The summed E-state index contributed by atoms with van der Waals surface area (Å²) >= 11 is 0. The van der Waals surface area contributed by atoms with Crippen molar-refractivity contribution in [2.45, 2.75) is 33.1 Å². The summed E-state index contributed by atoms with van der Waals surface area (Å²) < 4.78 is 0. The zero-order chi connectivity index (χ0) is 17.4. The Bertz CT molecular complexity index is 937. The molecule has 1 aromatic heterocycles. The number of aromatic nitrogens is 2. The van der Waals surface area contributed by atoms with E-state index in [1.807, 2.05) is 6.07 Å². The maximum atomic E-state index is 12.8. The summed E-state index contributed by atoms with van der Waals surface area (Å²) in [5.41, 5.74) is -0.437. The van der Waals surface area contributed by atoms with Gasteiger partial charge in [0.1, 0.15) is 5.69 Å². The summed E-state index contributed by atoms with van der Waals surface area (Å²) in [5.74, 6) is -0.488. The van der Waals surface area contributed by atoms with E-state index in [9.17, 15) is 14.4 Å². The van der Waals surface area contributed by atoms with E-state index < -0.39 is 22.4 Å². The van der Waals surface area contributed by atoms with Crippen LogP contribution in [0.4, 0.5) is 0 Å². The van der Waals surface area contributed by atoms with E-state index in [4.69, 9.17) is 5.26 Å². The van der Waals surface area contributed by atoms with Gasteiger partial charge in [-0.2, -0.15) is 5.26 Å². The molecule has 0 aliphatic heterocycles. The van der Waals surface area contributed by atoms with E-state index in [-0.39, 0.29) is 16.8 Å². The monoisotopic (exact) mass is 311 g/mol. The molecule has 0 aliphatic carbocycles. The molecule has 0 radical (unpaired) electrons. The Kier molecular flexibility index (Phi) is 4.06. The molecule has 1 heterocycles. The van der Waals surface area contributed by atoms with Crippen molar-refractivity contribution in [1.29, 1.82) is 5.26 Å². The first-order chi connectivity index (χ1) is 10.6. The molecule has 2 N–H and O–H groups in total. The molecular formula is C17H17N3O3. The highest BCUT2D eigenvalue weighted by Gasteiger charge is 2.27. The van der Waals surface area contributed by atoms with Crippen molar-refractivity contribution < 1.29 is 4.79 Å². The van der Waals surface area contributed by atoms with E-state index >= 15 is 0 Å². The van der Waals surface area contributed by atoms with Gasteiger partial charge in [0.25, 0.3) is 5.56 Å². The highest BCUT2D eigenvalue weighted by molar-refractivity contribution is 6.09. The van der Waals surface area contributed by atoms with E-state index in [1.54, 1.807) is 39.8 Å². The van der Waals surface area contributed by atoms with Crippen molar-refractivity contribution in [2.24, 2.45) is 0 Å². The van der Waals surface area contributed by atoms with Crippen LogP contribution in [0.5, 0.6) is 0 Å². The first kappa shape index (κ1) is 16.4. The lowest BCUT2D eigenvalue weighted by molar-refractivity contribution is 0.103. The lowest BCUT2D eigenvalue weighted by atomic mass is 9.84. The minimum Gasteiger partial charge on any atom is -0.304 e. The SMILES string of the molecule is Cc1cc(C#N)cc(C(=O)c2[nH]c(=O)[nH]c(=O)c2C(C)(C)C)c1. The number of ketones is 1. The van der Waals surface area contributed by atoms with Gasteiger partial charge < -0.3 is 4.98 Å². The molecule has 0 aliphatic rings. The van der Waals surface area contributed by atoms with E-state index in [2.05, 4.69) is 9.97 Å². The van der Waals surface area contributed by atoms with Gasteiger partial charge in [-0.1, -0.05) is 20.8 Å². The number of H-pyrrole nitrogens is 2. The van der Waals surface area contributed by atoms with Gasteiger partial charge in [0.15, 0.2) is 0 Å². The standard InChI is InChI=1S/C17H17N3O3/c1-9-5-10(8-18)7-11(6-9)14(21)13-12(17(2,3)4)15(22)20-16(23)19-13/h5-7H,1-4H3,(H2,19,20,22,23). The Labute approximate surface area is 132 Å². The summed E-state index contributed by atoms with van der Waals surface area (Å²) in [6.07, 6.45) is 0. The van der Waals surface area contributed by atoms with Crippen LogP contribution in [0.2, 0.25) is 0 Å². The number of rotatable bonds is 2. The molecule has 0 bridgehead atoms. The number of nitriles is 1. The van der Waals surface area contributed by atoms with Crippen molar-refractivity contribution in [3.05, 3.63) is 67.0 Å². The molecule has 0 spiro atoms. The van der Waals surface area contributed by atoms with Crippen LogP contribution >= 0.6 is 0 Å². The van der Waals surface area contributed by atoms with Crippen LogP contribution in [-0.2, 0) is 5.41 Å². The largest absolute Gasteiger partial charge is 0.326 e. The average Bonchev–Trinajstić information content (AvgIpc) is 2.43. The number of carbonyl (C=O) groups excluding carboxylic acids is 1. The van der Waals surface area contributed by atoms with Gasteiger partial charge in [0.2, 0.25) is 5.78 Å². The highest BCUT2D eigenvalue weighted by atomic mass is 16.2. The quantitative estimate of drug-likeness (QED) is 0.824. The maximum absolute atomic E-state index is 12.8. The number of hydrogen-bond acceptors (Lipinski definition) is 4. The van der Waals surface area contributed by atoms with Gasteiger partial charge in [-0.05, 0) is 36.1 Å². The van der Waals surface area contributed by atoms with Gasteiger partial charge in [-0.25, -0.2) is 4.79 Å². The lowest BCUT2D eigenvalue weighted by Gasteiger charge is -2.20. The Morgan fingerprint density at radius 2 is 1.78 bits per heavy atom. The number of aromatic amines is 2. The molecule has 23 heavy (non-hydrogen) atoms. The predicted octanol–water partition coefficient (Wildman–Crippen LogP) is 1.77. The fourth-order valence-corrected chi connectivity index (χ4v) is 2.50. The summed E-state index contributed by atoms with van der Waals surface area (Å²) in [6, 6.07) is 6.71. The van der Waals surface area contributed by atoms with Gasteiger partial charge in [-0.3, -0.25) is 14.6 Å². The number of nitrogens with one attached hydrogen (secondary N) is 2. The van der Waals surface area contributed by atoms with Crippen molar-refractivity contribution in [3.8, 4) is 6.07 Å². The molecule has 0 saturated heterocycles.